The minimum atomic E-state index is -3.67. The van der Waals surface area contributed by atoms with Gasteiger partial charge in [0.15, 0.2) is 5.69 Å². The summed E-state index contributed by atoms with van der Waals surface area (Å²) in [6.45, 7) is 2.76. The maximum absolute atomic E-state index is 13.3. The summed E-state index contributed by atoms with van der Waals surface area (Å²) in [5, 5.41) is 7.72. The molecular weight excluding hydrogens is 428 g/mol. The van der Waals surface area contributed by atoms with Crippen molar-refractivity contribution in [1.29, 1.82) is 0 Å². The van der Waals surface area contributed by atoms with Crippen molar-refractivity contribution in [2.45, 2.75) is 37.5 Å². The van der Waals surface area contributed by atoms with Gasteiger partial charge in [0, 0.05) is 31.2 Å². The largest absolute Gasteiger partial charge is 0.321 e. The third-order valence-electron chi connectivity index (χ3n) is 5.80. The second kappa shape index (κ2) is 8.84. The first-order valence-electron chi connectivity index (χ1n) is 10.7. The summed E-state index contributed by atoms with van der Waals surface area (Å²) in [4.78, 5) is 25.6. The molecule has 2 aromatic carbocycles. The van der Waals surface area contributed by atoms with Gasteiger partial charge < -0.3 is 5.32 Å². The molecule has 1 saturated heterocycles. The van der Waals surface area contributed by atoms with Gasteiger partial charge in [-0.15, -0.1) is 0 Å². The molecule has 0 bridgehead atoms. The monoisotopic (exact) mass is 454 g/mol. The number of carbonyl (C=O) groups excluding carboxylic acids is 1. The zero-order valence-electron chi connectivity index (χ0n) is 18.2. The van der Waals surface area contributed by atoms with E-state index < -0.39 is 15.9 Å². The Morgan fingerprint density at radius 3 is 2.34 bits per heavy atom. The van der Waals surface area contributed by atoms with Gasteiger partial charge in [0.05, 0.1) is 10.3 Å². The van der Waals surface area contributed by atoms with E-state index in [-0.39, 0.29) is 16.1 Å². The Kier molecular flexibility index (Phi) is 6.12. The van der Waals surface area contributed by atoms with E-state index in [1.807, 2.05) is 0 Å². The topological polar surface area (TPSA) is 101 Å². The first-order valence-corrected chi connectivity index (χ1v) is 12.1. The number of nitrogens with zero attached hydrogens (tertiary/aromatic N) is 3. The number of anilines is 1. The first-order chi connectivity index (χ1) is 15.3. The molecule has 1 aliphatic rings. The molecule has 0 saturated carbocycles. The lowest BCUT2D eigenvalue weighted by Crippen LogP contribution is -2.32. The fourth-order valence-corrected chi connectivity index (χ4v) is 5.80. The van der Waals surface area contributed by atoms with Crippen LogP contribution in [0.15, 0.2) is 52.2 Å². The highest BCUT2D eigenvalue weighted by molar-refractivity contribution is 7.89. The molecule has 0 aliphatic carbocycles. The van der Waals surface area contributed by atoms with Gasteiger partial charge in [-0.05, 0) is 43.5 Å². The van der Waals surface area contributed by atoms with Crippen LogP contribution < -0.4 is 10.9 Å². The van der Waals surface area contributed by atoms with Crippen LogP contribution in [0.25, 0.3) is 10.8 Å². The van der Waals surface area contributed by atoms with Crippen LogP contribution in [0, 0.1) is 6.92 Å². The average molecular weight is 455 g/mol. The summed E-state index contributed by atoms with van der Waals surface area (Å²) in [5.74, 6) is -0.515. The molecule has 1 aromatic heterocycles. The van der Waals surface area contributed by atoms with Crippen LogP contribution >= 0.6 is 0 Å². The lowest BCUT2D eigenvalue weighted by atomic mass is 10.1. The van der Waals surface area contributed by atoms with E-state index in [0.717, 1.165) is 30.4 Å². The van der Waals surface area contributed by atoms with Crippen molar-refractivity contribution in [1.82, 2.24) is 14.1 Å². The van der Waals surface area contributed by atoms with Crippen molar-refractivity contribution in [2.75, 3.05) is 18.4 Å². The van der Waals surface area contributed by atoms with Gasteiger partial charge in [-0.2, -0.15) is 9.40 Å². The van der Waals surface area contributed by atoms with Crippen molar-refractivity contribution in [3.05, 3.63) is 64.1 Å². The number of sulfonamides is 1. The molecule has 0 unspecified atom stereocenters. The predicted molar refractivity (Wildman–Crippen MR) is 123 cm³/mol. The van der Waals surface area contributed by atoms with Gasteiger partial charge in [0.1, 0.15) is 0 Å². The number of amides is 1. The zero-order chi connectivity index (χ0) is 22.9. The van der Waals surface area contributed by atoms with Gasteiger partial charge in [-0.1, -0.05) is 37.1 Å². The lowest BCUT2D eigenvalue weighted by Gasteiger charge is -2.21. The number of rotatable bonds is 4. The molecule has 1 fully saturated rings. The summed E-state index contributed by atoms with van der Waals surface area (Å²) in [6, 6.07) is 11.6. The Bertz CT molecular complexity index is 1340. The summed E-state index contributed by atoms with van der Waals surface area (Å²) < 4.78 is 29.2. The fourth-order valence-electron chi connectivity index (χ4n) is 4.03. The number of aryl methyl sites for hydroxylation is 2. The number of aromatic nitrogens is 2. The first kappa shape index (κ1) is 22.2. The van der Waals surface area contributed by atoms with Crippen LogP contribution in [0.3, 0.4) is 0 Å². The molecule has 0 atom stereocenters. The highest BCUT2D eigenvalue weighted by Gasteiger charge is 2.27. The third-order valence-corrected chi connectivity index (χ3v) is 7.84. The molecule has 3 aromatic rings. The average Bonchev–Trinajstić information content (AvgIpc) is 3.07. The fraction of sp³-hybridized carbons (Fsp3) is 0.348. The second-order valence-electron chi connectivity index (χ2n) is 8.08. The Labute approximate surface area is 186 Å². The van der Waals surface area contributed by atoms with Crippen molar-refractivity contribution >= 4 is 32.4 Å². The maximum Gasteiger partial charge on any atom is 0.276 e. The Morgan fingerprint density at radius 2 is 1.66 bits per heavy atom. The highest BCUT2D eigenvalue weighted by Crippen LogP contribution is 2.26. The summed E-state index contributed by atoms with van der Waals surface area (Å²) in [7, 11) is -2.18. The molecule has 2 heterocycles. The number of fused-ring (bicyclic) bond motifs is 1. The summed E-state index contributed by atoms with van der Waals surface area (Å²) in [5.41, 5.74) is 0.783. The van der Waals surface area contributed by atoms with Crippen LogP contribution in [0.5, 0.6) is 0 Å². The van der Waals surface area contributed by atoms with Gasteiger partial charge in [-0.25, -0.2) is 13.1 Å². The molecule has 8 nitrogen and oxygen atoms in total. The van der Waals surface area contributed by atoms with E-state index in [2.05, 4.69) is 10.4 Å². The van der Waals surface area contributed by atoms with Crippen molar-refractivity contribution < 1.29 is 13.2 Å². The number of nitrogens with one attached hydrogen (secondary N) is 1. The molecule has 168 valence electrons. The van der Waals surface area contributed by atoms with Crippen LogP contribution in [0.1, 0.15) is 41.7 Å². The lowest BCUT2D eigenvalue weighted by molar-refractivity contribution is 0.102. The van der Waals surface area contributed by atoms with Gasteiger partial charge in [-0.3, -0.25) is 9.59 Å². The van der Waals surface area contributed by atoms with E-state index in [0.29, 0.717) is 35.1 Å². The van der Waals surface area contributed by atoms with Crippen LogP contribution in [-0.2, 0) is 17.1 Å². The highest BCUT2D eigenvalue weighted by atomic mass is 32.2. The Hall–Kier alpha value is -3.04. The van der Waals surface area contributed by atoms with Crippen LogP contribution in [0.4, 0.5) is 5.69 Å². The maximum atomic E-state index is 13.3. The molecule has 9 heteroatoms. The molecule has 32 heavy (non-hydrogen) atoms. The van der Waals surface area contributed by atoms with Crippen molar-refractivity contribution in [2.24, 2.45) is 7.05 Å². The van der Waals surface area contributed by atoms with Gasteiger partial charge in [0.25, 0.3) is 11.5 Å². The van der Waals surface area contributed by atoms with E-state index in [4.69, 9.17) is 0 Å². The standard InChI is InChI=1S/C23H26N4O4S/c1-16-11-12-17(15-20(16)32(30,31)27-13-7-3-4-8-14-27)24-22(28)21-18-9-5-6-10-19(18)23(29)26(2)25-21/h5-6,9-12,15H,3-4,7-8,13-14H2,1-2H3,(H,24,28). The van der Waals surface area contributed by atoms with E-state index in [1.165, 1.54) is 17.4 Å². The summed E-state index contributed by atoms with van der Waals surface area (Å²) >= 11 is 0. The number of hydrogen-bond donors (Lipinski definition) is 1. The molecule has 1 aliphatic heterocycles. The smallest absolute Gasteiger partial charge is 0.276 e. The number of benzene rings is 2. The van der Waals surface area contributed by atoms with Crippen molar-refractivity contribution in [3.8, 4) is 0 Å². The molecule has 0 radical (unpaired) electrons. The minimum Gasteiger partial charge on any atom is -0.321 e. The Morgan fingerprint density at radius 1 is 1.00 bits per heavy atom. The minimum absolute atomic E-state index is 0.0974. The predicted octanol–water partition coefficient (Wildman–Crippen LogP) is 3.06. The second-order valence-corrected chi connectivity index (χ2v) is 9.98. The number of carbonyl (C=O) groups is 1. The molecular formula is C23H26N4O4S. The Balaban J connectivity index is 1.68. The molecule has 0 spiro atoms. The quantitative estimate of drug-likeness (QED) is 0.653. The zero-order valence-corrected chi connectivity index (χ0v) is 19.0. The van der Waals surface area contributed by atoms with Gasteiger partial charge in [0.2, 0.25) is 10.0 Å². The SMILES string of the molecule is Cc1ccc(NC(=O)c2nn(C)c(=O)c3ccccc23)cc1S(=O)(=O)N1CCCCCC1. The number of hydrogen-bond acceptors (Lipinski definition) is 5. The molecule has 1 N–H and O–H groups in total. The van der Waals surface area contributed by atoms with E-state index in [9.17, 15) is 18.0 Å². The van der Waals surface area contributed by atoms with Crippen LogP contribution in [0.2, 0.25) is 0 Å². The third kappa shape index (κ3) is 4.18. The summed E-state index contributed by atoms with van der Waals surface area (Å²) in [6.07, 6.45) is 3.75. The van der Waals surface area contributed by atoms with Crippen LogP contribution in [-0.4, -0.2) is 41.5 Å². The normalized spacial score (nSPS) is 15.4. The van der Waals surface area contributed by atoms with E-state index in [1.54, 1.807) is 43.3 Å². The van der Waals surface area contributed by atoms with Crippen molar-refractivity contribution in [3.63, 3.8) is 0 Å². The van der Waals surface area contributed by atoms with Gasteiger partial charge >= 0.3 is 0 Å². The van der Waals surface area contributed by atoms with E-state index >= 15 is 0 Å². The molecule has 4 rings (SSSR count). The molecule has 1 amide bonds.